The second kappa shape index (κ2) is 9.19. The van der Waals surface area contributed by atoms with Gasteiger partial charge < -0.3 is 14.8 Å². The molecule has 2 N–H and O–H groups in total. The summed E-state index contributed by atoms with van der Waals surface area (Å²) in [6, 6.07) is 5.81. The normalized spacial score (nSPS) is 12.4. The summed E-state index contributed by atoms with van der Waals surface area (Å²) in [4.78, 5) is 12.3. The van der Waals surface area contributed by atoms with Crippen molar-refractivity contribution in [1.29, 1.82) is 0 Å². The van der Waals surface area contributed by atoms with E-state index in [0.29, 0.717) is 10.8 Å². The quantitative estimate of drug-likeness (QED) is 0.642. The van der Waals surface area contributed by atoms with Crippen LogP contribution in [0.2, 0.25) is 15.1 Å². The van der Waals surface area contributed by atoms with Crippen LogP contribution in [0, 0.1) is 0 Å². The van der Waals surface area contributed by atoms with Crippen LogP contribution in [0.15, 0.2) is 35.2 Å². The molecule has 0 aliphatic carbocycles. The van der Waals surface area contributed by atoms with Gasteiger partial charge in [0.15, 0.2) is 0 Å². The number of ether oxygens (including phenoxy) is 2. The number of anilines is 1. The number of carbonyl (C=O) groups is 1. The lowest BCUT2D eigenvalue weighted by Gasteiger charge is -2.17. The van der Waals surface area contributed by atoms with Crippen molar-refractivity contribution >= 4 is 56.4 Å². The van der Waals surface area contributed by atoms with Crippen LogP contribution in [0.4, 0.5) is 5.69 Å². The Labute approximate surface area is 177 Å². The van der Waals surface area contributed by atoms with E-state index in [1.807, 2.05) is 0 Å². The second-order valence-electron chi connectivity index (χ2n) is 5.59. The van der Waals surface area contributed by atoms with Crippen molar-refractivity contribution in [3.05, 3.63) is 45.4 Å². The number of amides is 1. The highest BCUT2D eigenvalue weighted by Crippen LogP contribution is 2.36. The van der Waals surface area contributed by atoms with E-state index in [4.69, 9.17) is 44.3 Å². The molecular formula is C17H17Cl3N2O5S. The molecule has 1 atom stereocenters. The first-order valence-corrected chi connectivity index (χ1v) is 10.4. The van der Waals surface area contributed by atoms with Crippen LogP contribution in [0.1, 0.15) is 6.92 Å². The van der Waals surface area contributed by atoms with Crippen molar-refractivity contribution in [1.82, 2.24) is 4.72 Å². The number of methoxy groups -OCH3 is 2. The Morgan fingerprint density at radius 1 is 1.00 bits per heavy atom. The lowest BCUT2D eigenvalue weighted by Crippen LogP contribution is -2.41. The smallest absolute Gasteiger partial charge is 0.242 e. The standard InChI is InChI=1S/C17H17Cl3N2O5S/c1-9(22-28(24,25)16-6-10(18)4-5-11(16)19)17(23)21-13-8-14(26-2)12(20)7-15(13)27-3/h4-9,22H,1-3H3,(H,21,23)/t9-/m1/s1. The molecule has 2 rings (SSSR count). The highest BCUT2D eigenvalue weighted by atomic mass is 35.5. The van der Waals surface area contributed by atoms with Gasteiger partial charge in [-0.1, -0.05) is 34.8 Å². The van der Waals surface area contributed by atoms with Crippen LogP contribution in [0.25, 0.3) is 0 Å². The summed E-state index contributed by atoms with van der Waals surface area (Å²) in [5.41, 5.74) is 0.264. The molecule has 0 bridgehead atoms. The number of halogens is 3. The van der Waals surface area contributed by atoms with Gasteiger partial charge >= 0.3 is 0 Å². The first-order chi connectivity index (χ1) is 13.1. The largest absolute Gasteiger partial charge is 0.495 e. The summed E-state index contributed by atoms with van der Waals surface area (Å²) in [5, 5.41) is 3.04. The molecule has 11 heteroatoms. The Bertz CT molecular complexity index is 999. The molecular weight excluding hydrogens is 451 g/mol. The average molecular weight is 468 g/mol. The van der Waals surface area contributed by atoms with E-state index in [0.717, 1.165) is 0 Å². The third kappa shape index (κ3) is 5.21. The number of rotatable bonds is 7. The summed E-state index contributed by atoms with van der Waals surface area (Å²) >= 11 is 17.8. The Balaban J connectivity index is 2.22. The van der Waals surface area contributed by atoms with Gasteiger partial charge in [-0.3, -0.25) is 4.79 Å². The molecule has 0 saturated carbocycles. The van der Waals surface area contributed by atoms with Crippen molar-refractivity contribution in [2.45, 2.75) is 17.9 Å². The molecule has 0 aromatic heterocycles. The topological polar surface area (TPSA) is 93.7 Å². The summed E-state index contributed by atoms with van der Waals surface area (Å²) in [7, 11) is -1.26. The number of carbonyl (C=O) groups excluding carboxylic acids is 1. The molecule has 0 saturated heterocycles. The molecule has 0 heterocycles. The third-order valence-electron chi connectivity index (χ3n) is 3.64. The minimum Gasteiger partial charge on any atom is -0.495 e. The molecule has 0 fully saturated rings. The van der Waals surface area contributed by atoms with Gasteiger partial charge in [-0.25, -0.2) is 8.42 Å². The van der Waals surface area contributed by atoms with Gasteiger partial charge in [-0.15, -0.1) is 0 Å². The summed E-state index contributed by atoms with van der Waals surface area (Å²) in [5.74, 6) is -0.0341. The van der Waals surface area contributed by atoms with Crippen LogP contribution in [0.5, 0.6) is 11.5 Å². The number of nitrogens with one attached hydrogen (secondary N) is 2. The number of sulfonamides is 1. The fourth-order valence-corrected chi connectivity index (χ4v) is 4.43. The minimum absolute atomic E-state index is 0.0198. The van der Waals surface area contributed by atoms with Gasteiger partial charge in [-0.05, 0) is 25.1 Å². The van der Waals surface area contributed by atoms with E-state index in [2.05, 4.69) is 10.0 Å². The van der Waals surface area contributed by atoms with Crippen LogP contribution < -0.4 is 19.5 Å². The first kappa shape index (κ1) is 22.6. The molecule has 0 spiro atoms. The van der Waals surface area contributed by atoms with Crippen LogP contribution in [0.3, 0.4) is 0 Å². The zero-order valence-electron chi connectivity index (χ0n) is 15.0. The molecule has 0 aliphatic rings. The zero-order valence-corrected chi connectivity index (χ0v) is 18.1. The summed E-state index contributed by atoms with van der Waals surface area (Å²) in [6.45, 7) is 1.38. The fourth-order valence-electron chi connectivity index (χ4n) is 2.23. The Morgan fingerprint density at radius 2 is 1.64 bits per heavy atom. The molecule has 0 aliphatic heterocycles. The predicted molar refractivity (Wildman–Crippen MR) is 109 cm³/mol. The molecule has 0 unspecified atom stereocenters. The molecule has 1 amide bonds. The van der Waals surface area contributed by atoms with Crippen molar-refractivity contribution in [2.75, 3.05) is 19.5 Å². The van der Waals surface area contributed by atoms with Crippen LogP contribution in [-0.2, 0) is 14.8 Å². The minimum atomic E-state index is -4.09. The summed E-state index contributed by atoms with van der Waals surface area (Å²) in [6.07, 6.45) is 0. The van der Waals surface area contributed by atoms with Crippen molar-refractivity contribution in [3.63, 3.8) is 0 Å². The van der Waals surface area contributed by atoms with Crippen molar-refractivity contribution in [2.24, 2.45) is 0 Å². The average Bonchev–Trinajstić information content (AvgIpc) is 2.64. The highest BCUT2D eigenvalue weighted by Gasteiger charge is 2.25. The maximum Gasteiger partial charge on any atom is 0.242 e. The van der Waals surface area contributed by atoms with Gasteiger partial charge in [0.05, 0.1) is 36.0 Å². The van der Waals surface area contributed by atoms with Gasteiger partial charge in [0.1, 0.15) is 16.4 Å². The highest BCUT2D eigenvalue weighted by molar-refractivity contribution is 7.89. The number of hydrogen-bond acceptors (Lipinski definition) is 5. The molecule has 28 heavy (non-hydrogen) atoms. The lowest BCUT2D eigenvalue weighted by atomic mass is 10.2. The SMILES string of the molecule is COc1cc(NC(=O)[C@@H](C)NS(=O)(=O)c2cc(Cl)ccc2Cl)c(OC)cc1Cl. The number of hydrogen-bond donors (Lipinski definition) is 2. The van der Waals surface area contributed by atoms with Gasteiger partial charge in [0, 0.05) is 17.2 Å². The van der Waals surface area contributed by atoms with Gasteiger partial charge in [0.2, 0.25) is 15.9 Å². The predicted octanol–water partition coefficient (Wildman–Crippen LogP) is 3.97. The van der Waals surface area contributed by atoms with E-state index in [-0.39, 0.29) is 26.4 Å². The van der Waals surface area contributed by atoms with E-state index in [1.54, 1.807) is 0 Å². The zero-order chi connectivity index (χ0) is 21.1. The summed E-state index contributed by atoms with van der Waals surface area (Å²) < 4.78 is 37.6. The van der Waals surface area contributed by atoms with Crippen LogP contribution in [-0.4, -0.2) is 34.6 Å². The molecule has 152 valence electrons. The Hall–Kier alpha value is -1.71. The Kier molecular flexibility index (Phi) is 7.41. The third-order valence-corrected chi connectivity index (χ3v) is 6.19. The van der Waals surface area contributed by atoms with E-state index in [1.165, 1.54) is 51.5 Å². The van der Waals surface area contributed by atoms with Crippen LogP contribution >= 0.6 is 34.8 Å². The maximum atomic E-state index is 12.5. The fraction of sp³-hybridized carbons (Fsp3) is 0.235. The monoisotopic (exact) mass is 466 g/mol. The van der Waals surface area contributed by atoms with E-state index in [9.17, 15) is 13.2 Å². The Morgan fingerprint density at radius 3 is 2.25 bits per heavy atom. The van der Waals surface area contributed by atoms with Gasteiger partial charge in [-0.2, -0.15) is 4.72 Å². The van der Waals surface area contributed by atoms with Crippen molar-refractivity contribution < 1.29 is 22.7 Å². The number of benzene rings is 2. The maximum absolute atomic E-state index is 12.5. The second-order valence-corrected chi connectivity index (χ2v) is 8.53. The van der Waals surface area contributed by atoms with E-state index < -0.39 is 22.0 Å². The molecule has 2 aromatic rings. The van der Waals surface area contributed by atoms with E-state index >= 15 is 0 Å². The van der Waals surface area contributed by atoms with Gasteiger partial charge in [0.25, 0.3) is 0 Å². The molecule has 7 nitrogen and oxygen atoms in total. The molecule has 2 aromatic carbocycles. The first-order valence-electron chi connectivity index (χ1n) is 7.78. The molecule has 0 radical (unpaired) electrons. The van der Waals surface area contributed by atoms with Crippen molar-refractivity contribution in [3.8, 4) is 11.5 Å². The lowest BCUT2D eigenvalue weighted by molar-refractivity contribution is -0.117.